The molecule has 2 heterocycles. The third-order valence-electron chi connectivity index (χ3n) is 3.07. The predicted molar refractivity (Wildman–Crippen MR) is 75.9 cm³/mol. The number of aromatic nitrogens is 3. The topological polar surface area (TPSA) is 59.5 Å². The van der Waals surface area contributed by atoms with Gasteiger partial charge in [-0.15, -0.1) is 0 Å². The molecule has 3 aromatic rings. The second-order valence-electron chi connectivity index (χ2n) is 4.51. The number of anilines is 2. The molecule has 2 N–H and O–H groups in total. The van der Waals surface area contributed by atoms with E-state index in [0.29, 0.717) is 0 Å². The minimum atomic E-state index is 0.776. The molecule has 0 aliphatic carbocycles. The zero-order chi connectivity index (χ0) is 13.2. The monoisotopic (exact) mass is 253 g/mol. The lowest BCUT2D eigenvalue weighted by Crippen LogP contribution is -2.18. The molecule has 0 fully saturated rings. The van der Waals surface area contributed by atoms with Crippen molar-refractivity contribution >= 4 is 17.0 Å². The van der Waals surface area contributed by atoms with Gasteiger partial charge in [0.05, 0.1) is 6.20 Å². The fourth-order valence-electron chi connectivity index (χ4n) is 2.11. The van der Waals surface area contributed by atoms with Gasteiger partial charge in [0.1, 0.15) is 5.52 Å². The fourth-order valence-corrected chi connectivity index (χ4v) is 2.11. The first-order valence-corrected chi connectivity index (χ1v) is 6.08. The van der Waals surface area contributed by atoms with Crippen molar-refractivity contribution < 1.29 is 0 Å². The Labute approximate surface area is 111 Å². The summed E-state index contributed by atoms with van der Waals surface area (Å²) in [5.41, 5.74) is 8.67. The number of rotatable bonds is 3. The van der Waals surface area contributed by atoms with E-state index in [1.807, 2.05) is 48.1 Å². The maximum absolute atomic E-state index is 5.69. The molecule has 0 saturated carbocycles. The minimum Gasteiger partial charge on any atom is -0.399 e. The summed E-state index contributed by atoms with van der Waals surface area (Å²) in [5.74, 6) is 0.914. The number of nitrogens with two attached hydrogens (primary N) is 1. The second kappa shape index (κ2) is 4.61. The number of hydrogen-bond acceptors (Lipinski definition) is 4. The van der Waals surface area contributed by atoms with Crippen LogP contribution in [0.4, 0.5) is 11.5 Å². The van der Waals surface area contributed by atoms with E-state index in [4.69, 9.17) is 5.73 Å². The van der Waals surface area contributed by atoms with Crippen LogP contribution in [0.1, 0.15) is 5.56 Å². The first-order chi connectivity index (χ1) is 9.24. The molecule has 0 bridgehead atoms. The van der Waals surface area contributed by atoms with Gasteiger partial charge in [0.2, 0.25) is 0 Å². The molecule has 0 aliphatic heterocycles. The Morgan fingerprint density at radius 1 is 1.16 bits per heavy atom. The van der Waals surface area contributed by atoms with Gasteiger partial charge in [0.15, 0.2) is 5.82 Å². The second-order valence-corrected chi connectivity index (χ2v) is 4.51. The molecule has 5 heteroatoms. The van der Waals surface area contributed by atoms with E-state index in [0.717, 1.165) is 23.6 Å². The van der Waals surface area contributed by atoms with Crippen molar-refractivity contribution in [3.05, 3.63) is 54.5 Å². The van der Waals surface area contributed by atoms with Gasteiger partial charge in [0, 0.05) is 31.7 Å². The van der Waals surface area contributed by atoms with Crippen LogP contribution in [0.2, 0.25) is 0 Å². The molecule has 96 valence electrons. The molecule has 1 aromatic carbocycles. The molecule has 3 rings (SSSR count). The SMILES string of the molecule is CN(Cc1ccc(N)cc1)c1nccn2nccc12. The first-order valence-electron chi connectivity index (χ1n) is 6.08. The lowest BCUT2D eigenvalue weighted by molar-refractivity contribution is 0.877. The van der Waals surface area contributed by atoms with Crippen molar-refractivity contribution in [1.29, 1.82) is 0 Å². The Bertz CT molecular complexity index is 686. The Hall–Kier alpha value is -2.56. The highest BCUT2D eigenvalue weighted by atomic mass is 15.3. The summed E-state index contributed by atoms with van der Waals surface area (Å²) < 4.78 is 1.82. The molecular weight excluding hydrogens is 238 g/mol. The molecule has 0 unspecified atom stereocenters. The quantitative estimate of drug-likeness (QED) is 0.725. The normalized spacial score (nSPS) is 10.8. The third-order valence-corrected chi connectivity index (χ3v) is 3.07. The number of nitrogens with zero attached hydrogens (tertiary/aromatic N) is 4. The lowest BCUT2D eigenvalue weighted by Gasteiger charge is -2.19. The van der Waals surface area contributed by atoms with Crippen LogP contribution in [-0.2, 0) is 6.54 Å². The Morgan fingerprint density at radius 2 is 1.95 bits per heavy atom. The number of benzene rings is 1. The molecule has 0 amide bonds. The van der Waals surface area contributed by atoms with Crippen LogP contribution in [-0.4, -0.2) is 21.6 Å². The zero-order valence-corrected chi connectivity index (χ0v) is 10.7. The summed E-state index contributed by atoms with van der Waals surface area (Å²) in [7, 11) is 2.02. The predicted octanol–water partition coefficient (Wildman–Crippen LogP) is 1.95. The smallest absolute Gasteiger partial charge is 0.154 e. The first kappa shape index (κ1) is 11.5. The molecule has 0 aliphatic rings. The summed E-state index contributed by atoms with van der Waals surface area (Å²) in [5, 5.41) is 4.21. The number of fused-ring (bicyclic) bond motifs is 1. The van der Waals surface area contributed by atoms with E-state index in [1.54, 1.807) is 12.4 Å². The summed E-state index contributed by atoms with van der Waals surface area (Å²) in [6, 6.07) is 9.85. The van der Waals surface area contributed by atoms with E-state index in [-0.39, 0.29) is 0 Å². The van der Waals surface area contributed by atoms with E-state index >= 15 is 0 Å². The number of nitrogen functional groups attached to an aromatic ring is 1. The van der Waals surface area contributed by atoms with Gasteiger partial charge in [0.25, 0.3) is 0 Å². The van der Waals surface area contributed by atoms with Gasteiger partial charge in [-0.3, -0.25) is 0 Å². The minimum absolute atomic E-state index is 0.776. The van der Waals surface area contributed by atoms with Gasteiger partial charge >= 0.3 is 0 Å². The summed E-state index contributed by atoms with van der Waals surface area (Å²) in [6.45, 7) is 0.776. The van der Waals surface area contributed by atoms with Crippen molar-refractivity contribution in [2.24, 2.45) is 0 Å². The van der Waals surface area contributed by atoms with E-state index < -0.39 is 0 Å². The highest BCUT2D eigenvalue weighted by molar-refractivity contribution is 5.67. The largest absolute Gasteiger partial charge is 0.399 e. The van der Waals surface area contributed by atoms with E-state index in [1.165, 1.54) is 5.56 Å². The van der Waals surface area contributed by atoms with Crippen molar-refractivity contribution in [3.63, 3.8) is 0 Å². The van der Waals surface area contributed by atoms with Crippen LogP contribution in [0.3, 0.4) is 0 Å². The molecule has 0 saturated heterocycles. The number of hydrogen-bond donors (Lipinski definition) is 1. The molecule has 0 spiro atoms. The maximum atomic E-state index is 5.69. The van der Waals surface area contributed by atoms with Crippen LogP contribution < -0.4 is 10.6 Å². The van der Waals surface area contributed by atoms with Crippen LogP contribution in [0.15, 0.2) is 48.9 Å². The van der Waals surface area contributed by atoms with Gasteiger partial charge in [-0.05, 0) is 23.8 Å². The van der Waals surface area contributed by atoms with Crippen LogP contribution in [0, 0.1) is 0 Å². The average Bonchev–Trinajstić information content (AvgIpc) is 2.89. The third kappa shape index (κ3) is 2.22. The van der Waals surface area contributed by atoms with Crippen LogP contribution >= 0.6 is 0 Å². The van der Waals surface area contributed by atoms with Crippen LogP contribution in [0.5, 0.6) is 0 Å². The van der Waals surface area contributed by atoms with Crippen molar-refractivity contribution in [2.45, 2.75) is 6.54 Å². The van der Waals surface area contributed by atoms with Crippen LogP contribution in [0.25, 0.3) is 5.52 Å². The van der Waals surface area contributed by atoms with Crippen molar-refractivity contribution in [2.75, 3.05) is 17.7 Å². The maximum Gasteiger partial charge on any atom is 0.154 e. The van der Waals surface area contributed by atoms with Crippen molar-refractivity contribution in [3.8, 4) is 0 Å². The van der Waals surface area contributed by atoms with Gasteiger partial charge in [-0.1, -0.05) is 12.1 Å². The highest BCUT2D eigenvalue weighted by Gasteiger charge is 2.08. The molecule has 5 nitrogen and oxygen atoms in total. The fraction of sp³-hybridized carbons (Fsp3) is 0.143. The Balaban J connectivity index is 1.89. The summed E-state index contributed by atoms with van der Waals surface area (Å²) >= 11 is 0. The molecule has 2 aromatic heterocycles. The lowest BCUT2D eigenvalue weighted by atomic mass is 10.2. The van der Waals surface area contributed by atoms with E-state index in [2.05, 4.69) is 15.0 Å². The highest BCUT2D eigenvalue weighted by Crippen LogP contribution is 2.19. The van der Waals surface area contributed by atoms with Gasteiger partial charge in [-0.25, -0.2) is 9.50 Å². The van der Waals surface area contributed by atoms with Gasteiger partial charge in [-0.2, -0.15) is 5.10 Å². The molecule has 19 heavy (non-hydrogen) atoms. The van der Waals surface area contributed by atoms with Gasteiger partial charge < -0.3 is 10.6 Å². The molecular formula is C14H15N5. The molecule has 0 radical (unpaired) electrons. The summed E-state index contributed by atoms with van der Waals surface area (Å²) in [6.07, 6.45) is 5.38. The summed E-state index contributed by atoms with van der Waals surface area (Å²) in [4.78, 5) is 6.53. The zero-order valence-electron chi connectivity index (χ0n) is 10.7. The van der Waals surface area contributed by atoms with Crippen molar-refractivity contribution in [1.82, 2.24) is 14.6 Å². The Kier molecular flexibility index (Phi) is 2.79. The standard InChI is InChI=1S/C14H15N5/c1-18(10-11-2-4-12(15)5-3-11)14-13-6-7-17-19(13)9-8-16-14/h2-9H,10,15H2,1H3. The molecule has 0 atom stereocenters. The Morgan fingerprint density at radius 3 is 2.74 bits per heavy atom. The van der Waals surface area contributed by atoms with E-state index in [9.17, 15) is 0 Å². The average molecular weight is 253 g/mol.